The van der Waals surface area contributed by atoms with Crippen LogP contribution >= 0.6 is 0 Å². The van der Waals surface area contributed by atoms with Crippen LogP contribution in [0.1, 0.15) is 20.3 Å². The average molecular weight is 395 g/mol. The third kappa shape index (κ3) is 5.43. The van der Waals surface area contributed by atoms with Gasteiger partial charge in [0.25, 0.3) is 10.0 Å². The molecule has 0 atom stereocenters. The summed E-state index contributed by atoms with van der Waals surface area (Å²) in [6.45, 7) is 3.79. The van der Waals surface area contributed by atoms with Crippen LogP contribution in [0.4, 0.5) is 10.1 Å². The maximum Gasteiger partial charge on any atom is 0.326 e. The van der Waals surface area contributed by atoms with Crippen LogP contribution in [0.15, 0.2) is 53.4 Å². The van der Waals surface area contributed by atoms with Crippen LogP contribution in [-0.2, 0) is 19.6 Å². The standard InChI is InChI=1S/C19H22FNO5S/c1-3-13-26-17-9-7-16(8-10-17)21(14-19(22)25-4-2)27(23,24)18-11-5-15(20)6-12-18/h5-12H,3-4,13-14H2,1-2H3. The molecule has 0 aromatic heterocycles. The maximum atomic E-state index is 13.2. The fourth-order valence-corrected chi connectivity index (χ4v) is 3.71. The second-order valence-corrected chi connectivity index (χ2v) is 7.48. The zero-order chi connectivity index (χ0) is 19.9. The molecule has 0 N–H and O–H groups in total. The van der Waals surface area contributed by atoms with Gasteiger partial charge in [-0.15, -0.1) is 0 Å². The molecule has 2 rings (SSSR count). The SMILES string of the molecule is CCCOc1ccc(N(CC(=O)OCC)S(=O)(=O)c2ccc(F)cc2)cc1. The van der Waals surface area contributed by atoms with Gasteiger partial charge in [-0.3, -0.25) is 9.10 Å². The number of hydrogen-bond acceptors (Lipinski definition) is 5. The summed E-state index contributed by atoms with van der Waals surface area (Å²) in [6, 6.07) is 10.8. The number of anilines is 1. The van der Waals surface area contributed by atoms with Gasteiger partial charge in [-0.2, -0.15) is 0 Å². The molecule has 8 heteroatoms. The first-order chi connectivity index (χ1) is 12.9. The maximum absolute atomic E-state index is 13.2. The first-order valence-corrected chi connectivity index (χ1v) is 9.99. The van der Waals surface area contributed by atoms with Crippen LogP contribution < -0.4 is 9.04 Å². The molecule has 2 aromatic carbocycles. The lowest BCUT2D eigenvalue weighted by molar-refractivity contribution is -0.141. The Morgan fingerprint density at radius 1 is 1.04 bits per heavy atom. The Bertz CT molecular complexity index is 851. The predicted molar refractivity (Wildman–Crippen MR) is 99.8 cm³/mol. The Balaban J connectivity index is 2.38. The van der Waals surface area contributed by atoms with E-state index in [1.165, 1.54) is 0 Å². The summed E-state index contributed by atoms with van der Waals surface area (Å²) in [5, 5.41) is 0. The van der Waals surface area contributed by atoms with E-state index >= 15 is 0 Å². The van der Waals surface area contributed by atoms with Crippen LogP contribution in [-0.4, -0.2) is 34.1 Å². The summed E-state index contributed by atoms with van der Waals surface area (Å²) in [5.74, 6) is -0.645. The smallest absolute Gasteiger partial charge is 0.326 e. The molecule has 0 unspecified atom stereocenters. The number of nitrogens with zero attached hydrogens (tertiary/aromatic N) is 1. The first kappa shape index (κ1) is 20.7. The lowest BCUT2D eigenvalue weighted by Crippen LogP contribution is -2.36. The minimum Gasteiger partial charge on any atom is -0.494 e. The highest BCUT2D eigenvalue weighted by molar-refractivity contribution is 7.92. The molecule has 0 heterocycles. The number of carbonyl (C=O) groups is 1. The molecule has 0 radical (unpaired) electrons. The van der Waals surface area contributed by atoms with Crippen molar-refractivity contribution in [2.24, 2.45) is 0 Å². The minimum absolute atomic E-state index is 0.125. The molecular formula is C19H22FNO5S. The summed E-state index contributed by atoms with van der Waals surface area (Å²) >= 11 is 0. The molecule has 0 saturated carbocycles. The van der Waals surface area contributed by atoms with Crippen LogP contribution in [0.5, 0.6) is 5.75 Å². The van der Waals surface area contributed by atoms with Gasteiger partial charge in [0.05, 0.1) is 23.8 Å². The average Bonchev–Trinajstić information content (AvgIpc) is 2.65. The van der Waals surface area contributed by atoms with Crippen molar-refractivity contribution in [2.45, 2.75) is 25.2 Å². The third-order valence-corrected chi connectivity index (χ3v) is 5.37. The van der Waals surface area contributed by atoms with Crippen molar-refractivity contribution in [1.29, 1.82) is 0 Å². The van der Waals surface area contributed by atoms with Crippen molar-refractivity contribution in [3.8, 4) is 5.75 Å². The largest absolute Gasteiger partial charge is 0.494 e. The molecule has 0 aliphatic carbocycles. The molecule has 0 amide bonds. The minimum atomic E-state index is -4.09. The van der Waals surface area contributed by atoms with E-state index in [1.54, 1.807) is 31.2 Å². The van der Waals surface area contributed by atoms with E-state index in [0.717, 1.165) is 35.0 Å². The van der Waals surface area contributed by atoms with Crippen molar-refractivity contribution in [3.05, 3.63) is 54.3 Å². The highest BCUT2D eigenvalue weighted by Gasteiger charge is 2.27. The second kappa shape index (κ2) is 9.36. The molecular weight excluding hydrogens is 373 g/mol. The van der Waals surface area contributed by atoms with Crippen molar-refractivity contribution in [2.75, 3.05) is 24.1 Å². The monoisotopic (exact) mass is 395 g/mol. The molecule has 0 saturated heterocycles. The van der Waals surface area contributed by atoms with E-state index in [4.69, 9.17) is 9.47 Å². The van der Waals surface area contributed by atoms with E-state index in [9.17, 15) is 17.6 Å². The highest BCUT2D eigenvalue weighted by atomic mass is 32.2. The van der Waals surface area contributed by atoms with Gasteiger partial charge in [0.1, 0.15) is 18.1 Å². The molecule has 0 bridgehead atoms. The zero-order valence-corrected chi connectivity index (χ0v) is 16.0. The summed E-state index contributed by atoms with van der Waals surface area (Å²) in [6.07, 6.45) is 0.843. The Hall–Kier alpha value is -2.61. The molecule has 146 valence electrons. The van der Waals surface area contributed by atoms with Crippen LogP contribution in [0, 0.1) is 5.82 Å². The van der Waals surface area contributed by atoms with Crippen molar-refractivity contribution < 1.29 is 27.1 Å². The van der Waals surface area contributed by atoms with E-state index in [2.05, 4.69) is 0 Å². The lowest BCUT2D eigenvalue weighted by atomic mass is 10.3. The first-order valence-electron chi connectivity index (χ1n) is 8.55. The topological polar surface area (TPSA) is 72.9 Å². The lowest BCUT2D eigenvalue weighted by Gasteiger charge is -2.24. The molecule has 0 spiro atoms. The fraction of sp³-hybridized carbons (Fsp3) is 0.316. The van der Waals surface area contributed by atoms with Crippen molar-refractivity contribution in [1.82, 2.24) is 0 Å². The Morgan fingerprint density at radius 2 is 1.67 bits per heavy atom. The summed E-state index contributed by atoms with van der Waals surface area (Å²) < 4.78 is 50.5. The van der Waals surface area contributed by atoms with E-state index < -0.39 is 28.4 Å². The third-order valence-electron chi connectivity index (χ3n) is 3.58. The fourth-order valence-electron chi connectivity index (χ4n) is 2.30. The van der Waals surface area contributed by atoms with E-state index in [0.29, 0.717) is 12.4 Å². The Labute approximate surface area is 158 Å². The summed E-state index contributed by atoms with van der Waals surface area (Å²) in [7, 11) is -4.09. The zero-order valence-electron chi connectivity index (χ0n) is 15.2. The van der Waals surface area contributed by atoms with Gasteiger partial charge >= 0.3 is 5.97 Å². The number of ether oxygens (including phenoxy) is 2. The van der Waals surface area contributed by atoms with Gasteiger partial charge in [0, 0.05) is 0 Å². The highest BCUT2D eigenvalue weighted by Crippen LogP contribution is 2.26. The summed E-state index contributed by atoms with van der Waals surface area (Å²) in [5.41, 5.74) is 0.274. The molecule has 0 aliphatic rings. The van der Waals surface area contributed by atoms with E-state index in [-0.39, 0.29) is 17.2 Å². The predicted octanol–water partition coefficient (Wildman–Crippen LogP) is 3.37. The summed E-state index contributed by atoms with van der Waals surface area (Å²) in [4.78, 5) is 11.8. The molecule has 0 aliphatic heterocycles. The van der Waals surface area contributed by atoms with Gasteiger partial charge in [0.2, 0.25) is 0 Å². The van der Waals surface area contributed by atoms with Crippen LogP contribution in [0.25, 0.3) is 0 Å². The van der Waals surface area contributed by atoms with Gasteiger partial charge < -0.3 is 9.47 Å². The molecule has 0 fully saturated rings. The Kier molecular flexibility index (Phi) is 7.18. The van der Waals surface area contributed by atoms with Crippen LogP contribution in [0.2, 0.25) is 0 Å². The van der Waals surface area contributed by atoms with Crippen molar-refractivity contribution in [3.63, 3.8) is 0 Å². The van der Waals surface area contributed by atoms with Crippen LogP contribution in [0.3, 0.4) is 0 Å². The number of carbonyl (C=O) groups excluding carboxylic acids is 1. The molecule has 6 nitrogen and oxygen atoms in total. The normalized spacial score (nSPS) is 11.1. The number of halogens is 1. The Morgan fingerprint density at radius 3 is 2.22 bits per heavy atom. The second-order valence-electron chi connectivity index (χ2n) is 5.61. The van der Waals surface area contributed by atoms with Gasteiger partial charge in [0.15, 0.2) is 0 Å². The van der Waals surface area contributed by atoms with Gasteiger partial charge in [-0.25, -0.2) is 12.8 Å². The number of hydrogen-bond donors (Lipinski definition) is 0. The van der Waals surface area contributed by atoms with Gasteiger partial charge in [-0.1, -0.05) is 6.92 Å². The molecule has 27 heavy (non-hydrogen) atoms. The molecule has 2 aromatic rings. The van der Waals surface area contributed by atoms with Crippen molar-refractivity contribution >= 4 is 21.7 Å². The number of sulfonamides is 1. The quantitative estimate of drug-likeness (QED) is 0.609. The number of rotatable bonds is 9. The van der Waals surface area contributed by atoms with Gasteiger partial charge in [-0.05, 0) is 61.9 Å². The van der Waals surface area contributed by atoms with E-state index in [1.807, 2.05) is 6.92 Å². The number of benzene rings is 2. The number of esters is 1.